The third-order valence-corrected chi connectivity index (χ3v) is 5.05. The number of nitrogens with one attached hydrogen (secondary N) is 1. The van der Waals surface area contributed by atoms with Gasteiger partial charge in [0.2, 0.25) is 0 Å². The minimum atomic E-state index is -0.231. The highest BCUT2D eigenvalue weighted by Crippen LogP contribution is 2.36. The standard InChI is InChI=1S/C16H13BrFNS/c1-19-16(12-7-6-10(18)8-14(12)17)13-9-20-15-5-3-2-4-11(13)15/h2-9,16,19H,1H3. The first-order chi connectivity index (χ1) is 9.70. The van der Waals surface area contributed by atoms with Crippen LogP contribution in [0.4, 0.5) is 4.39 Å². The summed E-state index contributed by atoms with van der Waals surface area (Å²) >= 11 is 5.19. The smallest absolute Gasteiger partial charge is 0.124 e. The summed E-state index contributed by atoms with van der Waals surface area (Å²) < 4.78 is 15.3. The summed E-state index contributed by atoms with van der Waals surface area (Å²) in [5.74, 6) is -0.231. The number of benzene rings is 2. The molecule has 1 atom stereocenters. The van der Waals surface area contributed by atoms with Crippen molar-refractivity contribution in [1.82, 2.24) is 5.32 Å². The Kier molecular flexibility index (Phi) is 3.87. The lowest BCUT2D eigenvalue weighted by molar-refractivity contribution is 0.622. The Balaban J connectivity index is 2.14. The van der Waals surface area contributed by atoms with Crippen molar-refractivity contribution in [2.75, 3.05) is 7.05 Å². The second-order valence-electron chi connectivity index (χ2n) is 4.57. The van der Waals surface area contributed by atoms with Crippen LogP contribution in [0.3, 0.4) is 0 Å². The van der Waals surface area contributed by atoms with Crippen molar-refractivity contribution in [3.05, 3.63) is 69.3 Å². The van der Waals surface area contributed by atoms with E-state index in [0.29, 0.717) is 0 Å². The van der Waals surface area contributed by atoms with Gasteiger partial charge in [-0.3, -0.25) is 0 Å². The lowest BCUT2D eigenvalue weighted by Crippen LogP contribution is -2.17. The first kappa shape index (κ1) is 13.7. The zero-order chi connectivity index (χ0) is 14.1. The first-order valence-corrected chi connectivity index (χ1v) is 7.96. The van der Waals surface area contributed by atoms with Gasteiger partial charge < -0.3 is 5.32 Å². The molecule has 0 amide bonds. The van der Waals surface area contributed by atoms with Gasteiger partial charge in [-0.2, -0.15) is 0 Å². The van der Waals surface area contributed by atoms with E-state index < -0.39 is 0 Å². The molecular weight excluding hydrogens is 337 g/mol. The topological polar surface area (TPSA) is 12.0 Å². The maximum Gasteiger partial charge on any atom is 0.124 e. The van der Waals surface area contributed by atoms with Crippen molar-refractivity contribution < 1.29 is 4.39 Å². The molecule has 0 radical (unpaired) electrons. The molecule has 1 unspecified atom stereocenters. The molecule has 2 aromatic carbocycles. The van der Waals surface area contributed by atoms with Crippen molar-refractivity contribution in [2.24, 2.45) is 0 Å². The molecule has 0 aliphatic carbocycles. The number of thiophene rings is 1. The second kappa shape index (κ2) is 5.64. The molecule has 20 heavy (non-hydrogen) atoms. The quantitative estimate of drug-likeness (QED) is 0.692. The highest BCUT2D eigenvalue weighted by molar-refractivity contribution is 9.10. The fourth-order valence-electron chi connectivity index (χ4n) is 2.44. The summed E-state index contributed by atoms with van der Waals surface area (Å²) in [5, 5.41) is 6.74. The second-order valence-corrected chi connectivity index (χ2v) is 6.34. The van der Waals surface area contributed by atoms with Crippen LogP contribution >= 0.6 is 27.3 Å². The van der Waals surface area contributed by atoms with Crippen LogP contribution in [0, 0.1) is 5.82 Å². The van der Waals surface area contributed by atoms with Crippen LogP contribution in [-0.2, 0) is 0 Å². The fraction of sp³-hybridized carbons (Fsp3) is 0.125. The lowest BCUT2D eigenvalue weighted by atomic mass is 9.98. The van der Waals surface area contributed by atoms with Gasteiger partial charge >= 0.3 is 0 Å². The zero-order valence-electron chi connectivity index (χ0n) is 10.9. The SMILES string of the molecule is CNC(c1ccc(F)cc1Br)c1csc2ccccc12. The van der Waals surface area contributed by atoms with Gasteiger partial charge in [0.25, 0.3) is 0 Å². The molecular formula is C16H13BrFNS. The van der Waals surface area contributed by atoms with E-state index in [0.717, 1.165) is 10.0 Å². The number of hydrogen-bond donors (Lipinski definition) is 1. The minimum Gasteiger partial charge on any atom is -0.309 e. The molecule has 0 fully saturated rings. The molecule has 1 N–H and O–H groups in total. The average Bonchev–Trinajstić information content (AvgIpc) is 2.86. The maximum absolute atomic E-state index is 13.3. The molecule has 3 aromatic rings. The van der Waals surface area contributed by atoms with Crippen LogP contribution in [-0.4, -0.2) is 7.05 Å². The van der Waals surface area contributed by atoms with Crippen molar-refractivity contribution in [2.45, 2.75) is 6.04 Å². The van der Waals surface area contributed by atoms with Gasteiger partial charge in [0.1, 0.15) is 5.82 Å². The summed E-state index contributed by atoms with van der Waals surface area (Å²) in [6, 6.07) is 13.2. The Hall–Kier alpha value is -1.23. The van der Waals surface area contributed by atoms with Gasteiger partial charge in [-0.25, -0.2) is 4.39 Å². The Morgan fingerprint density at radius 2 is 1.95 bits per heavy atom. The van der Waals surface area contributed by atoms with E-state index in [4.69, 9.17) is 0 Å². The lowest BCUT2D eigenvalue weighted by Gasteiger charge is -2.18. The largest absolute Gasteiger partial charge is 0.309 e. The molecule has 0 aliphatic rings. The Labute approximate surface area is 129 Å². The molecule has 0 saturated carbocycles. The number of hydrogen-bond acceptors (Lipinski definition) is 2. The van der Waals surface area contributed by atoms with Gasteiger partial charge in [0.15, 0.2) is 0 Å². The third kappa shape index (κ3) is 2.39. The van der Waals surface area contributed by atoms with E-state index in [1.54, 1.807) is 11.3 Å². The Morgan fingerprint density at radius 3 is 2.70 bits per heavy atom. The van der Waals surface area contributed by atoms with Crippen molar-refractivity contribution in [1.29, 1.82) is 0 Å². The molecule has 4 heteroatoms. The molecule has 0 aliphatic heterocycles. The van der Waals surface area contributed by atoms with E-state index in [2.05, 4.69) is 38.8 Å². The van der Waals surface area contributed by atoms with Crippen LogP contribution < -0.4 is 5.32 Å². The van der Waals surface area contributed by atoms with Crippen molar-refractivity contribution in [3.63, 3.8) is 0 Å². The molecule has 102 valence electrons. The molecule has 1 nitrogen and oxygen atoms in total. The molecule has 0 saturated heterocycles. The van der Waals surface area contributed by atoms with Crippen molar-refractivity contribution in [3.8, 4) is 0 Å². The minimum absolute atomic E-state index is 0.0427. The van der Waals surface area contributed by atoms with Gasteiger partial charge in [0, 0.05) is 9.17 Å². The molecule has 3 rings (SSSR count). The van der Waals surface area contributed by atoms with Gasteiger partial charge in [0.05, 0.1) is 6.04 Å². The van der Waals surface area contributed by atoms with E-state index in [-0.39, 0.29) is 11.9 Å². The summed E-state index contributed by atoms with van der Waals surface area (Å²) in [6.45, 7) is 0. The highest BCUT2D eigenvalue weighted by atomic mass is 79.9. The van der Waals surface area contributed by atoms with Crippen molar-refractivity contribution >= 4 is 37.4 Å². The van der Waals surface area contributed by atoms with Gasteiger partial charge in [-0.15, -0.1) is 11.3 Å². The highest BCUT2D eigenvalue weighted by Gasteiger charge is 2.18. The summed E-state index contributed by atoms with van der Waals surface area (Å²) in [6.07, 6.45) is 0. The Bertz CT molecular complexity index is 753. The molecule has 0 spiro atoms. The zero-order valence-corrected chi connectivity index (χ0v) is 13.3. The average molecular weight is 350 g/mol. The summed E-state index contributed by atoms with van der Waals surface area (Å²) in [5.41, 5.74) is 2.26. The number of fused-ring (bicyclic) bond motifs is 1. The molecule has 1 heterocycles. The van der Waals surface area contributed by atoms with Crippen LogP contribution in [0.5, 0.6) is 0 Å². The van der Waals surface area contributed by atoms with Crippen LogP contribution in [0.15, 0.2) is 52.3 Å². The summed E-state index contributed by atoms with van der Waals surface area (Å²) in [4.78, 5) is 0. The number of halogens is 2. The fourth-order valence-corrected chi connectivity index (χ4v) is 4.00. The third-order valence-electron chi connectivity index (χ3n) is 3.38. The first-order valence-electron chi connectivity index (χ1n) is 6.29. The van der Waals surface area contributed by atoms with E-state index in [1.807, 2.05) is 25.2 Å². The van der Waals surface area contributed by atoms with Gasteiger partial charge in [-0.1, -0.05) is 40.2 Å². The molecule has 1 aromatic heterocycles. The van der Waals surface area contributed by atoms with Gasteiger partial charge in [-0.05, 0) is 47.1 Å². The van der Waals surface area contributed by atoms with E-state index in [9.17, 15) is 4.39 Å². The predicted octanol–water partition coefficient (Wildman–Crippen LogP) is 5.11. The van der Waals surface area contributed by atoms with Crippen LogP contribution in [0.1, 0.15) is 17.2 Å². The van der Waals surface area contributed by atoms with E-state index >= 15 is 0 Å². The van der Waals surface area contributed by atoms with E-state index in [1.165, 1.54) is 27.8 Å². The van der Waals surface area contributed by atoms with Crippen LogP contribution in [0.2, 0.25) is 0 Å². The predicted molar refractivity (Wildman–Crippen MR) is 86.8 cm³/mol. The van der Waals surface area contributed by atoms with Crippen LogP contribution in [0.25, 0.3) is 10.1 Å². The summed E-state index contributed by atoms with van der Waals surface area (Å²) in [7, 11) is 1.92. The monoisotopic (exact) mass is 349 g/mol. The number of rotatable bonds is 3. The maximum atomic E-state index is 13.3. The Morgan fingerprint density at radius 1 is 1.15 bits per heavy atom. The normalized spacial score (nSPS) is 12.8. The molecule has 0 bridgehead atoms.